The summed E-state index contributed by atoms with van der Waals surface area (Å²) >= 11 is 0. The van der Waals surface area contributed by atoms with E-state index in [9.17, 15) is 5.11 Å². The lowest BCUT2D eigenvalue weighted by Crippen LogP contribution is -2.55. The zero-order valence-corrected chi connectivity index (χ0v) is 11.6. The van der Waals surface area contributed by atoms with Crippen LogP contribution in [0.1, 0.15) is 65.7 Å². The molecule has 17 heavy (non-hydrogen) atoms. The fraction of sp³-hybridized carbons (Fsp3) is 0.875. The second-order valence-electron chi connectivity index (χ2n) is 7.41. The Labute approximate surface area is 105 Å². The van der Waals surface area contributed by atoms with Crippen LogP contribution in [0.25, 0.3) is 0 Å². The van der Waals surface area contributed by atoms with Crippen molar-refractivity contribution in [1.82, 2.24) is 0 Å². The number of rotatable bonds is 1. The maximum atomic E-state index is 11.5. The summed E-state index contributed by atoms with van der Waals surface area (Å²) in [6.07, 6.45) is 11.0. The van der Waals surface area contributed by atoms with Gasteiger partial charge < -0.3 is 5.11 Å². The van der Waals surface area contributed by atoms with Gasteiger partial charge in [0.25, 0.3) is 0 Å². The zero-order valence-electron chi connectivity index (χ0n) is 11.6. The molecule has 2 fully saturated rings. The Morgan fingerprint density at radius 3 is 2.53 bits per heavy atom. The minimum absolute atomic E-state index is 0.0726. The molecule has 0 spiro atoms. The standard InChI is InChI=1S/C16H26O/c1-14(2)13-9-10-15(3,11-13)16(14,17)12-7-5-4-6-8-12/h7,13,17H,4-6,8-11H2,1-3H3. The molecular formula is C16H26O. The van der Waals surface area contributed by atoms with Crippen LogP contribution >= 0.6 is 0 Å². The summed E-state index contributed by atoms with van der Waals surface area (Å²) in [5.41, 5.74) is 1.06. The van der Waals surface area contributed by atoms with Crippen LogP contribution in [-0.4, -0.2) is 10.7 Å². The molecule has 0 aromatic carbocycles. The summed E-state index contributed by atoms with van der Waals surface area (Å²) in [6, 6.07) is 0. The van der Waals surface area contributed by atoms with Crippen LogP contribution in [0.2, 0.25) is 0 Å². The van der Waals surface area contributed by atoms with Gasteiger partial charge in [0.2, 0.25) is 0 Å². The van der Waals surface area contributed by atoms with Crippen LogP contribution in [0, 0.1) is 16.7 Å². The smallest absolute Gasteiger partial charge is 0.0963 e. The van der Waals surface area contributed by atoms with Gasteiger partial charge in [-0.05, 0) is 56.4 Å². The van der Waals surface area contributed by atoms with Crippen LogP contribution in [-0.2, 0) is 0 Å². The van der Waals surface area contributed by atoms with Gasteiger partial charge in [-0.25, -0.2) is 0 Å². The van der Waals surface area contributed by atoms with E-state index in [-0.39, 0.29) is 10.8 Å². The summed E-state index contributed by atoms with van der Waals surface area (Å²) < 4.78 is 0. The van der Waals surface area contributed by atoms with Crippen molar-refractivity contribution in [2.45, 2.75) is 71.3 Å². The summed E-state index contributed by atoms with van der Waals surface area (Å²) in [5.74, 6) is 0.723. The molecule has 0 radical (unpaired) electrons. The highest BCUT2D eigenvalue weighted by Crippen LogP contribution is 2.70. The third kappa shape index (κ3) is 1.24. The highest BCUT2D eigenvalue weighted by molar-refractivity contribution is 5.33. The third-order valence-electron chi connectivity index (χ3n) is 6.32. The highest BCUT2D eigenvalue weighted by Gasteiger charge is 2.69. The summed E-state index contributed by atoms with van der Waals surface area (Å²) in [4.78, 5) is 0. The molecule has 3 aliphatic rings. The van der Waals surface area contributed by atoms with E-state index >= 15 is 0 Å². The average molecular weight is 234 g/mol. The molecule has 0 aliphatic heterocycles. The molecule has 0 amide bonds. The fourth-order valence-electron chi connectivity index (χ4n) is 5.23. The minimum atomic E-state index is -0.524. The second kappa shape index (κ2) is 3.38. The van der Waals surface area contributed by atoms with Gasteiger partial charge in [0.15, 0.2) is 0 Å². The molecule has 3 unspecified atom stereocenters. The molecule has 0 saturated heterocycles. The topological polar surface area (TPSA) is 20.2 Å². The van der Waals surface area contributed by atoms with Gasteiger partial charge in [0, 0.05) is 10.8 Å². The lowest BCUT2D eigenvalue weighted by atomic mass is 9.56. The van der Waals surface area contributed by atoms with Crippen molar-refractivity contribution in [3.05, 3.63) is 11.6 Å². The SMILES string of the molecule is CC12CCC(C1)C(C)(C)C2(O)C1=CCCCC1. The predicted octanol–water partition coefficient (Wildman–Crippen LogP) is 4.06. The number of fused-ring (bicyclic) bond motifs is 2. The largest absolute Gasteiger partial charge is 0.384 e. The van der Waals surface area contributed by atoms with Gasteiger partial charge in [-0.1, -0.05) is 26.8 Å². The molecule has 0 aromatic rings. The zero-order chi connectivity index (χ0) is 12.3. The van der Waals surface area contributed by atoms with E-state index in [1.807, 2.05) is 0 Å². The van der Waals surface area contributed by atoms with Gasteiger partial charge in [-0.2, -0.15) is 0 Å². The first-order chi connectivity index (χ1) is 7.92. The molecule has 1 heteroatoms. The second-order valence-corrected chi connectivity index (χ2v) is 7.41. The molecule has 96 valence electrons. The first-order valence-corrected chi connectivity index (χ1v) is 7.34. The summed E-state index contributed by atoms with van der Waals surface area (Å²) in [6.45, 7) is 6.94. The Balaban J connectivity index is 2.07. The van der Waals surface area contributed by atoms with E-state index in [1.54, 1.807) is 0 Å². The normalized spacial score (nSPS) is 48.2. The summed E-state index contributed by atoms with van der Waals surface area (Å²) in [5, 5.41) is 11.5. The molecule has 2 saturated carbocycles. The van der Waals surface area contributed by atoms with Crippen LogP contribution < -0.4 is 0 Å². The van der Waals surface area contributed by atoms with Gasteiger partial charge >= 0.3 is 0 Å². The number of allylic oxidation sites excluding steroid dienone is 1. The van der Waals surface area contributed by atoms with E-state index in [0.717, 1.165) is 12.3 Å². The molecule has 1 N–H and O–H groups in total. The van der Waals surface area contributed by atoms with Crippen molar-refractivity contribution in [1.29, 1.82) is 0 Å². The number of aliphatic hydroxyl groups is 1. The van der Waals surface area contributed by atoms with E-state index < -0.39 is 5.60 Å². The molecule has 0 heterocycles. The van der Waals surface area contributed by atoms with Gasteiger partial charge in [-0.3, -0.25) is 0 Å². The first-order valence-electron chi connectivity index (χ1n) is 7.34. The van der Waals surface area contributed by atoms with Crippen LogP contribution in [0.5, 0.6) is 0 Å². The Morgan fingerprint density at radius 1 is 1.24 bits per heavy atom. The van der Waals surface area contributed by atoms with Gasteiger partial charge in [0.05, 0.1) is 5.60 Å². The molecule has 1 nitrogen and oxygen atoms in total. The maximum absolute atomic E-state index is 11.5. The van der Waals surface area contributed by atoms with Crippen molar-refractivity contribution < 1.29 is 5.11 Å². The lowest BCUT2D eigenvalue weighted by molar-refractivity contribution is -0.115. The van der Waals surface area contributed by atoms with Crippen LogP contribution in [0.3, 0.4) is 0 Å². The van der Waals surface area contributed by atoms with Crippen LogP contribution in [0.15, 0.2) is 11.6 Å². The van der Waals surface area contributed by atoms with Crippen molar-refractivity contribution >= 4 is 0 Å². The quantitative estimate of drug-likeness (QED) is 0.678. The Hall–Kier alpha value is -0.300. The van der Waals surface area contributed by atoms with Crippen molar-refractivity contribution in [3.63, 3.8) is 0 Å². The van der Waals surface area contributed by atoms with Crippen LogP contribution in [0.4, 0.5) is 0 Å². The first kappa shape index (κ1) is 11.8. The molecule has 3 rings (SSSR count). The van der Waals surface area contributed by atoms with Crippen molar-refractivity contribution in [2.24, 2.45) is 16.7 Å². The van der Waals surface area contributed by atoms with Gasteiger partial charge in [0.1, 0.15) is 0 Å². The minimum Gasteiger partial charge on any atom is -0.384 e. The average Bonchev–Trinajstić information content (AvgIpc) is 2.78. The lowest BCUT2D eigenvalue weighted by Gasteiger charge is -2.52. The van der Waals surface area contributed by atoms with Crippen molar-refractivity contribution in [3.8, 4) is 0 Å². The van der Waals surface area contributed by atoms with E-state index in [0.29, 0.717) is 0 Å². The summed E-state index contributed by atoms with van der Waals surface area (Å²) in [7, 11) is 0. The Kier molecular flexibility index (Phi) is 2.34. The molecular weight excluding hydrogens is 208 g/mol. The third-order valence-corrected chi connectivity index (χ3v) is 6.32. The molecule has 3 atom stereocenters. The van der Waals surface area contributed by atoms with E-state index in [2.05, 4.69) is 26.8 Å². The monoisotopic (exact) mass is 234 g/mol. The Morgan fingerprint density at radius 2 is 2.00 bits per heavy atom. The molecule has 2 bridgehead atoms. The van der Waals surface area contributed by atoms with E-state index in [4.69, 9.17) is 0 Å². The van der Waals surface area contributed by atoms with E-state index in [1.165, 1.54) is 44.1 Å². The fourth-order valence-corrected chi connectivity index (χ4v) is 5.23. The number of hydrogen-bond donors (Lipinski definition) is 1. The Bertz CT molecular complexity index is 361. The predicted molar refractivity (Wildman–Crippen MR) is 70.7 cm³/mol. The highest BCUT2D eigenvalue weighted by atomic mass is 16.3. The van der Waals surface area contributed by atoms with Crippen molar-refractivity contribution in [2.75, 3.05) is 0 Å². The van der Waals surface area contributed by atoms with Gasteiger partial charge in [-0.15, -0.1) is 0 Å². The molecule has 0 aromatic heterocycles. The molecule has 3 aliphatic carbocycles. The number of hydrogen-bond acceptors (Lipinski definition) is 1. The maximum Gasteiger partial charge on any atom is 0.0963 e.